The van der Waals surface area contributed by atoms with Crippen LogP contribution >= 0.6 is 0 Å². The van der Waals surface area contributed by atoms with Gasteiger partial charge in [-0.1, -0.05) is 38.1 Å². The van der Waals surface area contributed by atoms with Gasteiger partial charge in [-0.3, -0.25) is 9.35 Å². The summed E-state index contributed by atoms with van der Waals surface area (Å²) in [5.41, 5.74) is 1.61. The summed E-state index contributed by atoms with van der Waals surface area (Å²) >= 11 is 0. The summed E-state index contributed by atoms with van der Waals surface area (Å²) in [5, 5.41) is 2.52. The van der Waals surface area contributed by atoms with Gasteiger partial charge in [-0.25, -0.2) is 0 Å². The predicted molar refractivity (Wildman–Crippen MR) is 89.4 cm³/mol. The van der Waals surface area contributed by atoms with E-state index >= 15 is 0 Å². The Morgan fingerprint density at radius 1 is 1.13 bits per heavy atom. The quantitative estimate of drug-likeness (QED) is 0.817. The van der Waals surface area contributed by atoms with Crippen molar-refractivity contribution in [1.82, 2.24) is 0 Å². The fourth-order valence-electron chi connectivity index (χ4n) is 2.19. The molecule has 0 bridgehead atoms. The molecule has 1 unspecified atom stereocenters. The third-order valence-electron chi connectivity index (χ3n) is 3.77. The Balaban J connectivity index is 2.23. The molecule has 2 aromatic rings. The van der Waals surface area contributed by atoms with E-state index in [1.165, 1.54) is 18.2 Å². The van der Waals surface area contributed by atoms with Crippen LogP contribution in [0.25, 0.3) is 0 Å². The number of hydrogen-bond acceptors (Lipinski definition) is 3. The second-order valence-corrected chi connectivity index (χ2v) is 6.75. The molecular weight excluding hydrogens is 314 g/mol. The second kappa shape index (κ2) is 6.93. The first-order valence-electron chi connectivity index (χ1n) is 7.30. The van der Waals surface area contributed by atoms with Crippen molar-refractivity contribution in [3.63, 3.8) is 0 Å². The average Bonchev–Trinajstić information content (AvgIpc) is 2.53. The van der Waals surface area contributed by atoms with Crippen LogP contribution < -0.4 is 5.32 Å². The van der Waals surface area contributed by atoms with Crippen molar-refractivity contribution in [2.75, 3.05) is 5.32 Å². The van der Waals surface area contributed by atoms with Gasteiger partial charge in [0.2, 0.25) is 0 Å². The molecule has 0 aliphatic heterocycles. The van der Waals surface area contributed by atoms with E-state index in [1.807, 2.05) is 12.1 Å². The molecule has 6 heteroatoms. The van der Waals surface area contributed by atoms with Crippen molar-refractivity contribution >= 4 is 21.7 Å². The highest BCUT2D eigenvalue weighted by Crippen LogP contribution is 2.22. The maximum absolute atomic E-state index is 12.3. The van der Waals surface area contributed by atoms with Crippen molar-refractivity contribution in [3.05, 3.63) is 59.7 Å². The van der Waals surface area contributed by atoms with Crippen LogP contribution in [-0.4, -0.2) is 18.9 Å². The van der Waals surface area contributed by atoms with Crippen LogP contribution in [0.5, 0.6) is 0 Å². The minimum atomic E-state index is -4.40. The van der Waals surface area contributed by atoms with Gasteiger partial charge in [-0.05, 0) is 42.2 Å². The largest absolute Gasteiger partial charge is 0.321 e. The molecule has 2 N–H and O–H groups in total. The molecule has 0 spiro atoms. The van der Waals surface area contributed by atoms with Crippen LogP contribution in [0.2, 0.25) is 0 Å². The van der Waals surface area contributed by atoms with Crippen molar-refractivity contribution in [2.45, 2.75) is 31.1 Å². The van der Waals surface area contributed by atoms with E-state index in [9.17, 15) is 17.8 Å². The molecule has 0 aromatic heterocycles. The molecule has 0 fully saturated rings. The Morgan fingerprint density at radius 2 is 1.74 bits per heavy atom. The average molecular weight is 333 g/mol. The van der Waals surface area contributed by atoms with Gasteiger partial charge < -0.3 is 5.32 Å². The first kappa shape index (κ1) is 17.2. The number of benzene rings is 2. The van der Waals surface area contributed by atoms with E-state index in [1.54, 1.807) is 18.2 Å². The maximum Gasteiger partial charge on any atom is 0.296 e. The number of rotatable bonds is 5. The van der Waals surface area contributed by atoms with Crippen LogP contribution in [0.3, 0.4) is 0 Å². The Morgan fingerprint density at radius 3 is 2.30 bits per heavy atom. The van der Waals surface area contributed by atoms with Gasteiger partial charge >= 0.3 is 0 Å². The monoisotopic (exact) mass is 333 g/mol. The number of nitrogens with one attached hydrogen (secondary N) is 1. The van der Waals surface area contributed by atoms with Crippen molar-refractivity contribution < 1.29 is 17.8 Å². The Hall–Kier alpha value is -2.18. The molecule has 23 heavy (non-hydrogen) atoms. The molecule has 0 heterocycles. The van der Waals surface area contributed by atoms with Gasteiger partial charge in [0.15, 0.2) is 0 Å². The van der Waals surface area contributed by atoms with Crippen LogP contribution in [0.1, 0.15) is 42.1 Å². The number of amides is 1. The SMILES string of the molecule is CCC(C)c1ccc(C(=O)Nc2ccccc2S(=O)(=O)O)cc1. The summed E-state index contributed by atoms with van der Waals surface area (Å²) in [5.74, 6) is -0.0239. The Labute approximate surface area is 136 Å². The van der Waals surface area contributed by atoms with Crippen molar-refractivity contribution in [1.29, 1.82) is 0 Å². The summed E-state index contributed by atoms with van der Waals surface area (Å²) in [6.45, 7) is 4.20. The molecular formula is C17H19NO4S. The summed E-state index contributed by atoms with van der Waals surface area (Å²) in [4.78, 5) is 11.9. The summed E-state index contributed by atoms with van der Waals surface area (Å²) in [7, 11) is -4.40. The number of carbonyl (C=O) groups is 1. The molecule has 5 nitrogen and oxygen atoms in total. The fraction of sp³-hybridized carbons (Fsp3) is 0.235. The van der Waals surface area contributed by atoms with E-state index in [2.05, 4.69) is 19.2 Å². The normalized spacial score (nSPS) is 12.7. The zero-order valence-electron chi connectivity index (χ0n) is 13.0. The lowest BCUT2D eigenvalue weighted by molar-refractivity contribution is 0.102. The molecule has 0 aliphatic rings. The second-order valence-electron chi connectivity index (χ2n) is 5.36. The van der Waals surface area contributed by atoms with Gasteiger partial charge in [0, 0.05) is 5.56 Å². The van der Waals surface area contributed by atoms with Crippen molar-refractivity contribution in [3.8, 4) is 0 Å². The van der Waals surface area contributed by atoms with Crippen LogP contribution in [0.4, 0.5) is 5.69 Å². The number of carbonyl (C=O) groups excluding carboxylic acids is 1. The molecule has 1 atom stereocenters. The summed E-state index contributed by atoms with van der Waals surface area (Å²) in [6, 6.07) is 12.9. The third kappa shape index (κ3) is 4.18. The third-order valence-corrected chi connectivity index (χ3v) is 4.68. The minimum absolute atomic E-state index is 0.0472. The number of hydrogen-bond donors (Lipinski definition) is 2. The van der Waals surface area contributed by atoms with E-state index in [-0.39, 0.29) is 10.6 Å². The summed E-state index contributed by atoms with van der Waals surface area (Å²) in [6.07, 6.45) is 1.01. The van der Waals surface area contributed by atoms with Crippen LogP contribution in [0, 0.1) is 0 Å². The zero-order chi connectivity index (χ0) is 17.0. The van der Waals surface area contributed by atoms with E-state index in [0.29, 0.717) is 11.5 Å². The van der Waals surface area contributed by atoms with Gasteiger partial charge in [-0.15, -0.1) is 0 Å². The lowest BCUT2D eigenvalue weighted by atomic mass is 9.97. The van der Waals surface area contributed by atoms with Gasteiger partial charge in [0.1, 0.15) is 4.90 Å². The lowest BCUT2D eigenvalue weighted by Crippen LogP contribution is -2.14. The first-order chi connectivity index (χ1) is 10.8. The molecule has 0 saturated heterocycles. The van der Waals surface area contributed by atoms with E-state index in [0.717, 1.165) is 12.0 Å². The highest BCUT2D eigenvalue weighted by atomic mass is 32.2. The molecule has 2 rings (SSSR count). The summed E-state index contributed by atoms with van der Waals surface area (Å²) < 4.78 is 31.9. The first-order valence-corrected chi connectivity index (χ1v) is 8.74. The van der Waals surface area contributed by atoms with Crippen LogP contribution in [-0.2, 0) is 10.1 Å². The van der Waals surface area contributed by atoms with E-state index in [4.69, 9.17) is 0 Å². The molecule has 122 valence electrons. The number of para-hydroxylation sites is 1. The maximum atomic E-state index is 12.3. The number of anilines is 1. The van der Waals surface area contributed by atoms with Gasteiger partial charge in [0.05, 0.1) is 5.69 Å². The topological polar surface area (TPSA) is 83.5 Å². The lowest BCUT2D eigenvalue weighted by Gasteiger charge is -2.11. The standard InChI is InChI=1S/C17H19NO4S/c1-3-12(2)13-8-10-14(11-9-13)17(19)18-15-6-4-5-7-16(15)23(20,21)22/h4-12H,3H2,1-2H3,(H,18,19)(H,20,21,22). The molecule has 0 aliphatic carbocycles. The molecule has 0 saturated carbocycles. The molecule has 2 aromatic carbocycles. The molecule has 0 radical (unpaired) electrons. The Bertz CT molecular complexity index is 798. The predicted octanol–water partition coefficient (Wildman–Crippen LogP) is 3.70. The van der Waals surface area contributed by atoms with E-state index < -0.39 is 16.0 Å². The smallest absolute Gasteiger partial charge is 0.296 e. The fourth-order valence-corrected chi connectivity index (χ4v) is 2.84. The van der Waals surface area contributed by atoms with Crippen molar-refractivity contribution in [2.24, 2.45) is 0 Å². The van der Waals surface area contributed by atoms with Gasteiger partial charge in [-0.2, -0.15) is 8.42 Å². The molecule has 1 amide bonds. The zero-order valence-corrected chi connectivity index (χ0v) is 13.8. The van der Waals surface area contributed by atoms with Gasteiger partial charge in [0.25, 0.3) is 16.0 Å². The highest BCUT2D eigenvalue weighted by molar-refractivity contribution is 7.86. The van der Waals surface area contributed by atoms with Crippen LogP contribution in [0.15, 0.2) is 53.4 Å². The Kier molecular flexibility index (Phi) is 5.18. The minimum Gasteiger partial charge on any atom is -0.321 e. The highest BCUT2D eigenvalue weighted by Gasteiger charge is 2.17.